The predicted octanol–water partition coefficient (Wildman–Crippen LogP) is 12.6. The van der Waals surface area contributed by atoms with E-state index in [1.807, 2.05) is 0 Å². The molecule has 0 saturated carbocycles. The molecular weight excluding hydrogens is 667 g/mol. The van der Waals surface area contributed by atoms with Crippen LogP contribution in [-0.2, 0) is 16.2 Å². The van der Waals surface area contributed by atoms with Gasteiger partial charge in [0.25, 0.3) is 0 Å². The zero-order valence-corrected chi connectivity index (χ0v) is 33.3. The average Bonchev–Trinajstić information content (AvgIpc) is 3.71. The van der Waals surface area contributed by atoms with Gasteiger partial charge in [0.15, 0.2) is 0 Å². The molecule has 2 aliphatic heterocycles. The fourth-order valence-electron chi connectivity index (χ4n) is 10.4. The summed E-state index contributed by atoms with van der Waals surface area (Å²) in [6.45, 7) is 18.8. The number of aryl methyl sites for hydroxylation is 1. The summed E-state index contributed by atoms with van der Waals surface area (Å²) in [6.07, 6.45) is 2.32. The van der Waals surface area contributed by atoms with E-state index in [4.69, 9.17) is 4.42 Å². The normalized spacial score (nSPS) is 16.4. The number of nitrogens with zero attached hydrogens (tertiary/aromatic N) is 2. The Kier molecular flexibility index (Phi) is 6.49. The molecule has 0 saturated heterocycles. The van der Waals surface area contributed by atoms with Gasteiger partial charge >= 0.3 is 6.85 Å². The van der Waals surface area contributed by atoms with Crippen molar-refractivity contribution in [1.29, 1.82) is 0 Å². The minimum absolute atomic E-state index is 0.00688. The van der Waals surface area contributed by atoms with Crippen LogP contribution < -0.4 is 16.0 Å². The summed E-state index contributed by atoms with van der Waals surface area (Å²) in [5, 5.41) is 3.78. The van der Waals surface area contributed by atoms with Crippen molar-refractivity contribution in [2.45, 2.75) is 84.5 Å². The van der Waals surface area contributed by atoms with Gasteiger partial charge in [-0.25, -0.2) is 0 Å². The average molecular weight is 715 g/mol. The molecule has 0 atom stereocenters. The molecule has 270 valence electrons. The third kappa shape index (κ3) is 4.46. The Hall–Kier alpha value is -5.48. The molecule has 0 spiro atoms. The highest BCUT2D eigenvalue weighted by Gasteiger charge is 2.47. The molecule has 1 aliphatic carbocycles. The quantitative estimate of drug-likeness (QED) is 0.166. The van der Waals surface area contributed by atoms with Gasteiger partial charge in [0.1, 0.15) is 11.2 Å². The number of hydrogen-bond donors (Lipinski definition) is 0. The molecule has 3 aliphatic rings. The molecule has 0 radical (unpaired) electrons. The van der Waals surface area contributed by atoms with Crippen molar-refractivity contribution in [3.05, 3.63) is 138 Å². The Morgan fingerprint density at radius 1 is 0.636 bits per heavy atom. The third-order valence-corrected chi connectivity index (χ3v) is 13.4. The van der Waals surface area contributed by atoms with Crippen molar-refractivity contribution in [2.75, 3.05) is 4.90 Å². The van der Waals surface area contributed by atoms with Gasteiger partial charge in [-0.05, 0) is 111 Å². The molecule has 4 heteroatoms. The van der Waals surface area contributed by atoms with Gasteiger partial charge in [0.2, 0.25) is 0 Å². The summed E-state index contributed by atoms with van der Waals surface area (Å²) < 4.78 is 10.1. The number of hydrogen-bond acceptors (Lipinski definition) is 2. The van der Waals surface area contributed by atoms with Crippen LogP contribution in [0, 0.1) is 6.92 Å². The number of benzene rings is 6. The van der Waals surface area contributed by atoms with E-state index in [1.54, 1.807) is 0 Å². The van der Waals surface area contributed by atoms with Crippen LogP contribution in [0.15, 0.2) is 120 Å². The maximum atomic E-state index is 7.47. The monoisotopic (exact) mass is 714 g/mol. The Morgan fingerprint density at radius 3 is 2.11 bits per heavy atom. The largest absolute Gasteiger partial charge is 0.466 e. The van der Waals surface area contributed by atoms with E-state index in [1.165, 1.54) is 88.5 Å². The number of rotatable bonds is 2. The first-order valence-corrected chi connectivity index (χ1v) is 20.1. The summed E-state index contributed by atoms with van der Waals surface area (Å²) >= 11 is 0. The predicted molar refractivity (Wildman–Crippen MR) is 234 cm³/mol. The van der Waals surface area contributed by atoms with Crippen molar-refractivity contribution < 1.29 is 4.42 Å². The zero-order chi connectivity index (χ0) is 37.8. The summed E-state index contributed by atoms with van der Waals surface area (Å²) in [5.41, 5.74) is 20.0. The second kappa shape index (κ2) is 10.8. The molecule has 0 N–H and O–H groups in total. The maximum Gasteiger partial charge on any atom is 0.375 e. The molecule has 0 bridgehead atoms. The lowest BCUT2D eigenvalue weighted by Gasteiger charge is -2.42. The van der Waals surface area contributed by atoms with Gasteiger partial charge < -0.3 is 13.8 Å². The van der Waals surface area contributed by atoms with E-state index >= 15 is 0 Å². The van der Waals surface area contributed by atoms with Gasteiger partial charge in [-0.3, -0.25) is 0 Å². The van der Waals surface area contributed by atoms with Crippen LogP contribution in [-0.4, -0.2) is 11.3 Å². The molecule has 2 aromatic heterocycles. The van der Waals surface area contributed by atoms with Crippen molar-refractivity contribution in [3.63, 3.8) is 0 Å². The molecule has 0 amide bonds. The van der Waals surface area contributed by atoms with Crippen LogP contribution in [0.1, 0.15) is 83.6 Å². The Bertz CT molecular complexity index is 2930. The first kappa shape index (κ1) is 32.9. The summed E-state index contributed by atoms with van der Waals surface area (Å²) in [4.78, 5) is 2.59. The lowest BCUT2D eigenvalue weighted by Crippen LogP contribution is -2.56. The third-order valence-electron chi connectivity index (χ3n) is 13.4. The van der Waals surface area contributed by atoms with Gasteiger partial charge in [-0.2, -0.15) is 0 Å². The number of anilines is 3. The first-order valence-electron chi connectivity index (χ1n) is 20.1. The summed E-state index contributed by atoms with van der Waals surface area (Å²) in [5.74, 6) is 0. The van der Waals surface area contributed by atoms with Crippen LogP contribution in [0.25, 0.3) is 55.0 Å². The Balaban J connectivity index is 1.32. The molecule has 6 aromatic carbocycles. The highest BCUT2D eigenvalue weighted by molar-refractivity contribution is 6.89. The second-order valence-corrected chi connectivity index (χ2v) is 18.9. The van der Waals surface area contributed by atoms with Gasteiger partial charge in [-0.1, -0.05) is 127 Å². The molecule has 0 fully saturated rings. The minimum Gasteiger partial charge on any atom is -0.466 e. The molecule has 4 heterocycles. The lowest BCUT2D eigenvalue weighted by atomic mass is 9.47. The zero-order valence-electron chi connectivity index (χ0n) is 33.3. The number of furan rings is 1. The standard InChI is InChI=1S/C51H47BN2O/c1-30-25-37-35-19-14-18-34-33-17-12-13-20-42(33)54(46(34)35)52-45(37)43(26-30)53(41-22-21-32(49(2,3)4)27-36(41)31-15-10-9-11-16-31)47-38-28-39-40(29-44(38)55-48(47)52)51(7,8)24-23-50(39,5)6/h9-22,25-29H,23-24H2,1-8H3. The molecule has 0 unspecified atom stereocenters. The van der Waals surface area contributed by atoms with Crippen molar-refractivity contribution >= 4 is 67.8 Å². The van der Waals surface area contributed by atoms with Crippen LogP contribution in [0.3, 0.4) is 0 Å². The maximum absolute atomic E-state index is 7.47. The molecule has 55 heavy (non-hydrogen) atoms. The second-order valence-electron chi connectivity index (χ2n) is 18.9. The highest BCUT2D eigenvalue weighted by Crippen LogP contribution is 2.53. The summed E-state index contributed by atoms with van der Waals surface area (Å²) in [6, 6.07) is 43.7. The van der Waals surface area contributed by atoms with E-state index in [-0.39, 0.29) is 23.1 Å². The Labute approximate surface area is 324 Å². The van der Waals surface area contributed by atoms with Gasteiger partial charge in [-0.15, -0.1) is 0 Å². The molecule has 11 rings (SSSR count). The Morgan fingerprint density at radius 2 is 1.35 bits per heavy atom. The smallest absolute Gasteiger partial charge is 0.375 e. The van der Waals surface area contributed by atoms with E-state index < -0.39 is 0 Å². The molecular formula is C51H47BN2O. The van der Waals surface area contributed by atoms with Crippen molar-refractivity contribution in [2.24, 2.45) is 0 Å². The SMILES string of the molecule is Cc1cc2c3c(c1)N(c1ccc(C(C)(C)C)cc1-c1ccccc1)c1c(oc4cc5c(cc14)C(C)(C)CCC5(C)C)B3n1c3ccccc3c3cccc-2c31. The highest BCUT2D eigenvalue weighted by atomic mass is 16.3. The van der Waals surface area contributed by atoms with Gasteiger partial charge in [0, 0.05) is 44.0 Å². The van der Waals surface area contributed by atoms with E-state index in [0.717, 1.165) is 29.8 Å². The minimum atomic E-state index is -0.131. The molecule has 8 aromatic rings. The number of aromatic nitrogens is 1. The van der Waals surface area contributed by atoms with Crippen molar-refractivity contribution in [1.82, 2.24) is 4.48 Å². The molecule has 3 nitrogen and oxygen atoms in total. The van der Waals surface area contributed by atoms with Crippen LogP contribution in [0.4, 0.5) is 17.1 Å². The van der Waals surface area contributed by atoms with E-state index in [0.29, 0.717) is 0 Å². The number of fused-ring (bicyclic) bond motifs is 10. The van der Waals surface area contributed by atoms with E-state index in [2.05, 4.69) is 180 Å². The fourth-order valence-corrected chi connectivity index (χ4v) is 10.4. The van der Waals surface area contributed by atoms with Crippen LogP contribution in [0.2, 0.25) is 0 Å². The lowest BCUT2D eigenvalue weighted by molar-refractivity contribution is 0.332. The topological polar surface area (TPSA) is 21.3 Å². The number of para-hydroxylation sites is 2. The summed E-state index contributed by atoms with van der Waals surface area (Å²) in [7, 11) is 0. The van der Waals surface area contributed by atoms with E-state index in [9.17, 15) is 0 Å². The van der Waals surface area contributed by atoms with Gasteiger partial charge in [0.05, 0.1) is 11.4 Å². The first-order chi connectivity index (χ1) is 26.3. The van der Waals surface area contributed by atoms with Crippen molar-refractivity contribution in [3.8, 4) is 22.3 Å². The van der Waals surface area contributed by atoms with Crippen LogP contribution in [0.5, 0.6) is 0 Å². The fraction of sp³-hybridized carbons (Fsp3) is 0.255. The van der Waals surface area contributed by atoms with Crippen LogP contribution >= 0.6 is 0 Å².